The Bertz CT molecular complexity index is 898. The number of imide groups is 1. The number of amides is 4. The Morgan fingerprint density at radius 1 is 0.897 bits per heavy atom. The van der Waals surface area contributed by atoms with Gasteiger partial charge in [-0.3, -0.25) is 24.1 Å². The molecule has 1 saturated heterocycles. The molecule has 7 heteroatoms. The molecule has 0 unspecified atom stereocenters. The topological polar surface area (TPSA) is 78.0 Å². The minimum absolute atomic E-state index is 0.164. The van der Waals surface area contributed by atoms with Gasteiger partial charge in [-0.1, -0.05) is 0 Å². The normalized spacial score (nSPS) is 20.0. The van der Waals surface area contributed by atoms with Crippen LogP contribution in [-0.2, 0) is 4.79 Å². The summed E-state index contributed by atoms with van der Waals surface area (Å²) in [5.41, 5.74) is 0.414. The number of rotatable bonds is 2. The summed E-state index contributed by atoms with van der Waals surface area (Å²) in [6, 6.07) is 4.74. The van der Waals surface area contributed by atoms with Gasteiger partial charge in [0, 0.05) is 43.2 Å². The molecule has 3 aliphatic rings. The standard InChI is InChI=1S/C22H27N3O4/c1-22(2,3)25-20(28)16-8-7-15(13-17(16)21(25)29)19(27)24-10-4-9-23(11-12-24)18(26)14-5-6-14/h7-8,13-14H,4-6,9-12H2,1-3H3. The van der Waals surface area contributed by atoms with Gasteiger partial charge in [-0.2, -0.15) is 0 Å². The molecule has 0 aromatic heterocycles. The van der Waals surface area contributed by atoms with E-state index in [1.165, 1.54) is 4.90 Å². The quantitative estimate of drug-likeness (QED) is 0.717. The molecular formula is C22H27N3O4. The van der Waals surface area contributed by atoms with Gasteiger partial charge in [-0.15, -0.1) is 0 Å². The Balaban J connectivity index is 1.51. The fourth-order valence-electron chi connectivity index (χ4n) is 4.10. The van der Waals surface area contributed by atoms with Crippen molar-refractivity contribution in [1.29, 1.82) is 0 Å². The van der Waals surface area contributed by atoms with Gasteiger partial charge < -0.3 is 9.80 Å². The average molecular weight is 397 g/mol. The van der Waals surface area contributed by atoms with E-state index in [-0.39, 0.29) is 35.1 Å². The van der Waals surface area contributed by atoms with E-state index >= 15 is 0 Å². The maximum atomic E-state index is 13.1. The lowest BCUT2D eigenvalue weighted by atomic mass is 10.0. The molecule has 0 atom stereocenters. The molecular weight excluding hydrogens is 370 g/mol. The summed E-state index contributed by atoms with van der Waals surface area (Å²) in [5.74, 6) is -0.445. The molecule has 1 aliphatic carbocycles. The molecule has 0 bridgehead atoms. The van der Waals surface area contributed by atoms with Crippen LogP contribution in [0.2, 0.25) is 0 Å². The van der Waals surface area contributed by atoms with E-state index in [1.807, 2.05) is 25.7 Å². The zero-order valence-electron chi connectivity index (χ0n) is 17.2. The zero-order valence-corrected chi connectivity index (χ0v) is 17.2. The molecule has 0 N–H and O–H groups in total. The molecule has 1 saturated carbocycles. The highest BCUT2D eigenvalue weighted by atomic mass is 16.2. The van der Waals surface area contributed by atoms with Crippen LogP contribution >= 0.6 is 0 Å². The third-order valence-corrected chi connectivity index (χ3v) is 5.83. The van der Waals surface area contributed by atoms with Crippen molar-refractivity contribution >= 4 is 23.6 Å². The molecule has 7 nitrogen and oxygen atoms in total. The number of nitrogens with zero attached hydrogens (tertiary/aromatic N) is 3. The van der Waals surface area contributed by atoms with E-state index in [0.29, 0.717) is 37.3 Å². The molecule has 4 amide bonds. The van der Waals surface area contributed by atoms with Gasteiger partial charge in [0.05, 0.1) is 11.1 Å². The minimum atomic E-state index is -0.625. The Hall–Kier alpha value is -2.70. The molecule has 1 aromatic carbocycles. The van der Waals surface area contributed by atoms with E-state index in [4.69, 9.17) is 0 Å². The van der Waals surface area contributed by atoms with Crippen molar-refractivity contribution in [3.05, 3.63) is 34.9 Å². The predicted molar refractivity (Wildman–Crippen MR) is 107 cm³/mol. The first kappa shape index (κ1) is 19.6. The Kier molecular flexibility index (Phi) is 4.71. The number of benzene rings is 1. The lowest BCUT2D eigenvalue weighted by molar-refractivity contribution is -0.132. The minimum Gasteiger partial charge on any atom is -0.341 e. The molecule has 2 aliphatic heterocycles. The fraction of sp³-hybridized carbons (Fsp3) is 0.545. The highest BCUT2D eigenvalue weighted by molar-refractivity contribution is 6.22. The predicted octanol–water partition coefficient (Wildman–Crippen LogP) is 2.17. The maximum Gasteiger partial charge on any atom is 0.262 e. The number of hydrogen-bond acceptors (Lipinski definition) is 4. The molecule has 0 radical (unpaired) electrons. The Labute approximate surface area is 170 Å². The van der Waals surface area contributed by atoms with Crippen LogP contribution in [0.15, 0.2) is 18.2 Å². The van der Waals surface area contributed by atoms with Crippen LogP contribution in [0.3, 0.4) is 0 Å². The second-order valence-electron chi connectivity index (χ2n) is 9.12. The summed E-state index contributed by atoms with van der Waals surface area (Å²) in [6.45, 7) is 7.71. The van der Waals surface area contributed by atoms with Crippen molar-refractivity contribution in [1.82, 2.24) is 14.7 Å². The van der Waals surface area contributed by atoms with Gasteiger partial charge in [0.15, 0.2) is 0 Å². The first-order valence-electron chi connectivity index (χ1n) is 10.3. The summed E-state index contributed by atoms with van der Waals surface area (Å²) in [7, 11) is 0. The second-order valence-corrected chi connectivity index (χ2v) is 9.12. The number of fused-ring (bicyclic) bond motifs is 1. The second kappa shape index (κ2) is 6.97. The van der Waals surface area contributed by atoms with Crippen LogP contribution in [0.4, 0.5) is 0 Å². The van der Waals surface area contributed by atoms with Crippen LogP contribution in [0, 0.1) is 5.92 Å². The van der Waals surface area contributed by atoms with Crippen LogP contribution < -0.4 is 0 Å². The summed E-state index contributed by atoms with van der Waals surface area (Å²) >= 11 is 0. The molecule has 2 fully saturated rings. The third kappa shape index (κ3) is 3.54. The van der Waals surface area contributed by atoms with Gasteiger partial charge in [0.25, 0.3) is 17.7 Å². The largest absolute Gasteiger partial charge is 0.341 e. The average Bonchev–Trinajstić information content (AvgIpc) is 3.49. The first-order chi connectivity index (χ1) is 13.7. The van der Waals surface area contributed by atoms with Crippen molar-refractivity contribution in [2.45, 2.75) is 45.6 Å². The summed E-state index contributed by atoms with van der Waals surface area (Å²) < 4.78 is 0. The summed E-state index contributed by atoms with van der Waals surface area (Å²) in [6.07, 6.45) is 2.70. The smallest absolute Gasteiger partial charge is 0.262 e. The third-order valence-electron chi connectivity index (χ3n) is 5.83. The Morgan fingerprint density at radius 2 is 1.52 bits per heavy atom. The van der Waals surface area contributed by atoms with Crippen molar-refractivity contribution in [3.8, 4) is 0 Å². The molecule has 29 heavy (non-hydrogen) atoms. The van der Waals surface area contributed by atoms with E-state index in [2.05, 4.69) is 0 Å². The lowest BCUT2D eigenvalue weighted by Gasteiger charge is -2.29. The highest BCUT2D eigenvalue weighted by Crippen LogP contribution is 2.32. The van der Waals surface area contributed by atoms with Gasteiger partial charge >= 0.3 is 0 Å². The number of carbonyl (C=O) groups excluding carboxylic acids is 4. The van der Waals surface area contributed by atoms with Crippen molar-refractivity contribution in [2.24, 2.45) is 5.92 Å². The van der Waals surface area contributed by atoms with E-state index in [0.717, 1.165) is 19.3 Å². The maximum absolute atomic E-state index is 13.1. The zero-order chi connectivity index (χ0) is 20.9. The SMILES string of the molecule is CC(C)(C)N1C(=O)c2ccc(C(=O)N3CCCN(C(=O)C4CC4)CC3)cc2C1=O. The monoisotopic (exact) mass is 397 g/mol. The van der Waals surface area contributed by atoms with Gasteiger partial charge in [0.2, 0.25) is 5.91 Å². The van der Waals surface area contributed by atoms with E-state index in [9.17, 15) is 19.2 Å². The Morgan fingerprint density at radius 3 is 2.17 bits per heavy atom. The van der Waals surface area contributed by atoms with Crippen LogP contribution in [-0.4, -0.2) is 70.0 Å². The van der Waals surface area contributed by atoms with E-state index in [1.54, 1.807) is 23.1 Å². The highest BCUT2D eigenvalue weighted by Gasteiger charge is 2.42. The fourth-order valence-corrected chi connectivity index (χ4v) is 4.10. The van der Waals surface area contributed by atoms with Gasteiger partial charge in [-0.25, -0.2) is 0 Å². The lowest BCUT2D eigenvalue weighted by Crippen LogP contribution is -2.45. The molecule has 1 aromatic rings. The van der Waals surface area contributed by atoms with Crippen LogP contribution in [0.5, 0.6) is 0 Å². The summed E-state index contributed by atoms with van der Waals surface area (Å²) in [4.78, 5) is 55.6. The van der Waals surface area contributed by atoms with Crippen molar-refractivity contribution in [2.75, 3.05) is 26.2 Å². The molecule has 2 heterocycles. The summed E-state index contributed by atoms with van der Waals surface area (Å²) in [5, 5.41) is 0. The number of carbonyl (C=O) groups is 4. The van der Waals surface area contributed by atoms with Gasteiger partial charge in [-0.05, 0) is 58.2 Å². The van der Waals surface area contributed by atoms with Crippen LogP contribution in [0.25, 0.3) is 0 Å². The first-order valence-corrected chi connectivity index (χ1v) is 10.3. The number of hydrogen-bond donors (Lipinski definition) is 0. The van der Waals surface area contributed by atoms with Gasteiger partial charge in [0.1, 0.15) is 0 Å². The van der Waals surface area contributed by atoms with Crippen molar-refractivity contribution in [3.63, 3.8) is 0 Å². The molecule has 4 rings (SSSR count). The van der Waals surface area contributed by atoms with Crippen molar-refractivity contribution < 1.29 is 19.2 Å². The molecule has 0 spiro atoms. The van der Waals surface area contributed by atoms with Crippen LogP contribution in [0.1, 0.15) is 71.1 Å². The van der Waals surface area contributed by atoms with E-state index < -0.39 is 5.54 Å². The molecule has 154 valence electrons.